The van der Waals surface area contributed by atoms with Crippen LogP contribution in [0.1, 0.15) is 11.1 Å². The molecule has 0 aliphatic heterocycles. The summed E-state index contributed by atoms with van der Waals surface area (Å²) in [5, 5.41) is 39.0. The fourth-order valence-electron chi connectivity index (χ4n) is 12.4. The topological polar surface area (TPSA) is 103 Å². The summed E-state index contributed by atoms with van der Waals surface area (Å²) in [6.07, 6.45) is 1.76. The van der Waals surface area contributed by atoms with E-state index in [-0.39, 0.29) is 13.2 Å². The molecule has 0 radical (unpaired) electrons. The van der Waals surface area contributed by atoms with Crippen LogP contribution in [0.3, 0.4) is 0 Å². The van der Waals surface area contributed by atoms with Crippen LogP contribution >= 0.6 is 0 Å². The molecule has 0 saturated heterocycles. The Kier molecular flexibility index (Phi) is 13.4. The van der Waals surface area contributed by atoms with Gasteiger partial charge in [-0.2, -0.15) is 0 Å². The van der Waals surface area contributed by atoms with Gasteiger partial charge in [-0.25, -0.2) is 9.59 Å². The summed E-state index contributed by atoms with van der Waals surface area (Å²) in [6.45, 7) is 7.25. The molecule has 2 atom stereocenters. The van der Waals surface area contributed by atoms with Gasteiger partial charge in [-0.05, 0) is 118 Å². The number of hydrogen-bond donors (Lipinski definition) is 2. The maximum atomic E-state index is 12.0. The first kappa shape index (κ1) is 50.6. The lowest BCUT2D eigenvalue weighted by Crippen LogP contribution is -2.28. The van der Waals surface area contributed by atoms with Gasteiger partial charge in [-0.3, -0.25) is 0 Å². The first-order valence-corrected chi connectivity index (χ1v) is 27.4. The number of carbonyl (C=O) groups is 2. The molecule has 8 heteroatoms. The maximum absolute atomic E-state index is 12.0. The number of aliphatic hydroxyl groups is 2. The molecule has 0 spiro atoms. The molecule has 0 saturated carbocycles. The Morgan fingerprint density at radius 1 is 0.432 bits per heavy atom. The molecule has 2 heterocycles. The van der Waals surface area contributed by atoms with E-state index in [1.807, 2.05) is 24.3 Å². The lowest BCUT2D eigenvalue weighted by atomic mass is 9.94. The molecule has 0 amide bonds. The molecule has 0 bridgehead atoms. The maximum Gasteiger partial charge on any atom is 0.330 e. The van der Waals surface area contributed by atoms with Crippen molar-refractivity contribution in [2.75, 3.05) is 13.2 Å². The zero-order valence-electron chi connectivity index (χ0n) is 44.5. The Bertz CT molecular complexity index is 4570. The lowest BCUT2D eigenvalue weighted by molar-refractivity contribution is -0.153. The molecule has 12 aromatic carbocycles. The third-order valence-electron chi connectivity index (χ3n) is 16.0. The normalized spacial score (nSPS) is 12.6. The molecule has 81 heavy (non-hydrogen) atoms. The minimum Gasteiger partial charge on any atom is -0.459 e. The number of benzene rings is 12. The van der Waals surface area contributed by atoms with Crippen molar-refractivity contribution in [3.05, 3.63) is 255 Å². The second kappa shape index (κ2) is 21.4. The van der Waals surface area contributed by atoms with Crippen LogP contribution in [-0.4, -0.2) is 56.7 Å². The fraction of sp³-hybridized carbons (Fsp3) is 0.0959. The number of ether oxygens (including phenoxy) is 2. The van der Waals surface area contributed by atoms with Crippen molar-refractivity contribution in [2.24, 2.45) is 0 Å². The fourth-order valence-corrected chi connectivity index (χ4v) is 12.4. The predicted octanol–water partition coefficient (Wildman–Crippen LogP) is 15.9. The largest absolute Gasteiger partial charge is 0.459 e. The van der Waals surface area contributed by atoms with Crippen LogP contribution in [0.2, 0.25) is 0 Å². The van der Waals surface area contributed by atoms with Crippen LogP contribution in [-0.2, 0) is 38.6 Å². The quantitative estimate of drug-likeness (QED) is 0.104. The minimum atomic E-state index is -0.785. The molecule has 8 nitrogen and oxygen atoms in total. The average molecular weight is 1060 g/mol. The van der Waals surface area contributed by atoms with Crippen LogP contribution in [0.4, 0.5) is 0 Å². The van der Waals surface area contributed by atoms with Gasteiger partial charge in [0.15, 0.2) is 6.10 Å². The van der Waals surface area contributed by atoms with Gasteiger partial charge in [-0.1, -0.05) is 207 Å². The first-order valence-electron chi connectivity index (χ1n) is 27.4. The van der Waals surface area contributed by atoms with Gasteiger partial charge in [-0.15, -0.1) is 0 Å². The second-order valence-corrected chi connectivity index (χ2v) is 20.7. The first-order chi connectivity index (χ1) is 39.8. The van der Waals surface area contributed by atoms with E-state index in [0.717, 1.165) is 73.0 Å². The number of nitrogens with zero attached hydrogens (tertiary/aromatic N) is 2. The zero-order chi connectivity index (χ0) is 55.1. The summed E-state index contributed by atoms with van der Waals surface area (Å²) < 4.78 is 15.0. The second-order valence-electron chi connectivity index (χ2n) is 20.7. The number of hydrogen-bond acceptors (Lipinski definition) is 6. The van der Waals surface area contributed by atoms with E-state index in [4.69, 9.17) is 9.47 Å². The summed E-state index contributed by atoms with van der Waals surface area (Å²) in [7, 11) is 0. The van der Waals surface area contributed by atoms with Crippen molar-refractivity contribution in [1.82, 2.24) is 9.13 Å². The number of rotatable bonds is 10. The van der Waals surface area contributed by atoms with Crippen LogP contribution in [0.5, 0.6) is 0 Å². The standard InChI is InChI=1S/C29H23NO4.C23H19NO2.C21H14/c1-3-26(31)33-18-21(34-27(32)4-2)17-30-24-15-13-19-9-5-7-11-22(19)28(24)29-23-12-8-6-10-20(23)14-16-25(29)30;25-14-17(26)13-24-20-11-9-15-5-1-3-7-18(15)22(20)23-19-8-4-2-6-16(19)10-12-21(23)24;1-3-7-18-14(5-1)9-11-16-13-17-12-10-15-6-2-4-8-19(15)21(17)20(16)18/h3-16,21H,1-2,17-18H2;1-12,17,25-26H,13-14H2;1-12H,13H2. The number of fused-ring (bicyclic) bond motifs is 21. The number of aromatic nitrogens is 2. The highest BCUT2D eigenvalue weighted by Crippen LogP contribution is 2.46. The molecule has 0 fully saturated rings. The van der Waals surface area contributed by atoms with Crippen LogP contribution < -0.4 is 0 Å². The summed E-state index contributed by atoms with van der Waals surface area (Å²) in [5.74, 6) is -1.14. The molecule has 15 rings (SSSR count). The van der Waals surface area contributed by atoms with Crippen LogP contribution in [0.15, 0.2) is 244 Å². The summed E-state index contributed by atoms with van der Waals surface area (Å²) in [4.78, 5) is 23.7. The van der Waals surface area contributed by atoms with E-state index in [9.17, 15) is 19.8 Å². The summed E-state index contributed by atoms with van der Waals surface area (Å²) in [6, 6.07) is 76.9. The van der Waals surface area contributed by atoms with Crippen molar-refractivity contribution >= 4 is 120 Å². The van der Waals surface area contributed by atoms with Crippen molar-refractivity contribution in [1.29, 1.82) is 0 Å². The van der Waals surface area contributed by atoms with E-state index >= 15 is 0 Å². The van der Waals surface area contributed by atoms with Gasteiger partial charge in [0.25, 0.3) is 0 Å². The molecule has 2 N–H and O–H groups in total. The summed E-state index contributed by atoms with van der Waals surface area (Å²) >= 11 is 0. The van der Waals surface area contributed by atoms with Crippen LogP contribution in [0.25, 0.3) is 119 Å². The Labute approximate surface area is 467 Å². The van der Waals surface area contributed by atoms with Gasteiger partial charge < -0.3 is 28.8 Å². The van der Waals surface area contributed by atoms with Crippen molar-refractivity contribution in [3.8, 4) is 11.1 Å². The van der Waals surface area contributed by atoms with Crippen molar-refractivity contribution < 1.29 is 29.3 Å². The summed E-state index contributed by atoms with van der Waals surface area (Å²) in [5.41, 5.74) is 10.0. The highest BCUT2D eigenvalue weighted by atomic mass is 16.6. The molecule has 394 valence electrons. The van der Waals surface area contributed by atoms with E-state index in [0.29, 0.717) is 13.1 Å². The third kappa shape index (κ3) is 9.10. The zero-order valence-corrected chi connectivity index (χ0v) is 44.5. The smallest absolute Gasteiger partial charge is 0.330 e. The highest BCUT2D eigenvalue weighted by Gasteiger charge is 2.24. The highest BCUT2D eigenvalue weighted by molar-refractivity contribution is 6.29. The van der Waals surface area contributed by atoms with Crippen LogP contribution in [0, 0.1) is 0 Å². The predicted molar refractivity (Wildman–Crippen MR) is 333 cm³/mol. The molecule has 2 unspecified atom stereocenters. The third-order valence-corrected chi connectivity index (χ3v) is 16.0. The molecule has 2 aromatic heterocycles. The lowest BCUT2D eigenvalue weighted by Gasteiger charge is -2.19. The minimum absolute atomic E-state index is 0.0905. The van der Waals surface area contributed by atoms with E-state index in [1.165, 1.54) is 76.1 Å². The molecule has 1 aliphatic rings. The SMILES string of the molecule is C=CC(=O)OCC(Cn1c2ccc3ccccc3c2c2c3ccccc3ccc21)OC(=O)C=C.OCC(O)Cn1c2ccc3ccccc3c2c2c3ccccc3ccc21.c1ccc2c3c(ccc2c1)Cc1ccc2ccccc2c1-3. The van der Waals surface area contributed by atoms with E-state index in [1.54, 1.807) is 0 Å². The van der Waals surface area contributed by atoms with Gasteiger partial charge in [0.1, 0.15) is 6.61 Å². The Hall–Kier alpha value is -9.86. The van der Waals surface area contributed by atoms with Gasteiger partial charge in [0, 0.05) is 55.8 Å². The van der Waals surface area contributed by atoms with E-state index < -0.39 is 24.1 Å². The average Bonchev–Trinajstić information content (AvgIpc) is 3.60. The number of esters is 2. The van der Waals surface area contributed by atoms with E-state index in [2.05, 4.69) is 216 Å². The van der Waals surface area contributed by atoms with Gasteiger partial charge in [0.2, 0.25) is 0 Å². The molecule has 1 aliphatic carbocycles. The Morgan fingerprint density at radius 2 is 0.753 bits per heavy atom. The van der Waals surface area contributed by atoms with Gasteiger partial charge >= 0.3 is 11.9 Å². The Morgan fingerprint density at radius 3 is 1.11 bits per heavy atom. The van der Waals surface area contributed by atoms with Crippen molar-refractivity contribution in [3.63, 3.8) is 0 Å². The van der Waals surface area contributed by atoms with Crippen molar-refractivity contribution in [2.45, 2.75) is 31.7 Å². The molecule has 14 aromatic rings. The monoisotopic (exact) mass is 1060 g/mol. The number of carbonyl (C=O) groups excluding carboxylic acids is 2. The van der Waals surface area contributed by atoms with Gasteiger partial charge in [0.05, 0.1) is 25.8 Å². The molecular weight excluding hydrogens is 1000 g/mol. The molecular formula is C73H56N2O6. The Balaban J connectivity index is 0.000000118. The number of aliphatic hydroxyl groups excluding tert-OH is 2.